The van der Waals surface area contributed by atoms with Gasteiger partial charge < -0.3 is 21.3 Å². The second-order valence-corrected chi connectivity index (χ2v) is 9.38. The highest BCUT2D eigenvalue weighted by Crippen LogP contribution is 2.62. The van der Waals surface area contributed by atoms with Gasteiger partial charge in [0.15, 0.2) is 0 Å². The molecule has 1 aromatic carbocycles. The first-order valence-electron chi connectivity index (χ1n) is 11.9. The predicted molar refractivity (Wildman–Crippen MR) is 121 cm³/mol. The third-order valence-electron chi connectivity index (χ3n) is 7.61. The average molecular weight is 431 g/mol. The quantitative estimate of drug-likeness (QED) is 0.588. The van der Waals surface area contributed by atoms with E-state index in [1.165, 1.54) is 19.4 Å². The van der Waals surface area contributed by atoms with E-state index < -0.39 is 16.9 Å². The molecule has 5 rings (SSSR count). The highest BCUT2D eigenvalue weighted by Gasteiger charge is 2.63. The van der Waals surface area contributed by atoms with Gasteiger partial charge in [-0.05, 0) is 75.6 Å². The van der Waals surface area contributed by atoms with Crippen LogP contribution in [0.5, 0.6) is 5.75 Å². The normalized spacial score (nSPS) is 30.6. The number of benzene rings is 1. The molecule has 0 spiro atoms. The molecule has 3 saturated carbocycles. The number of Topliss-reactive ketones (excluding diaryl/α,β-unsaturated/α-hetero) is 1. The highest BCUT2D eigenvalue weighted by atomic mass is 16.3. The SMILES string of the molecule is CC.CNCC1CC1.NC(=O)c1ccc2c(c1O)[C@]13CCC[C@H](C2)[C@]1(O)CCC(=O)C3. The number of ketones is 1. The van der Waals surface area contributed by atoms with Crippen LogP contribution in [-0.2, 0) is 16.6 Å². The minimum atomic E-state index is -0.972. The first-order valence-corrected chi connectivity index (χ1v) is 11.9. The van der Waals surface area contributed by atoms with Gasteiger partial charge in [0.2, 0.25) is 0 Å². The van der Waals surface area contributed by atoms with Crippen molar-refractivity contribution in [3.8, 4) is 5.75 Å². The summed E-state index contributed by atoms with van der Waals surface area (Å²) in [7, 11) is 2.01. The monoisotopic (exact) mass is 430 g/mol. The van der Waals surface area contributed by atoms with Crippen LogP contribution in [0.25, 0.3) is 0 Å². The van der Waals surface area contributed by atoms with Crippen molar-refractivity contribution in [1.29, 1.82) is 0 Å². The van der Waals surface area contributed by atoms with Gasteiger partial charge in [0.25, 0.3) is 5.91 Å². The molecule has 4 aliphatic rings. The summed E-state index contributed by atoms with van der Waals surface area (Å²) in [5.41, 5.74) is 5.24. The Morgan fingerprint density at radius 1 is 1.23 bits per heavy atom. The summed E-state index contributed by atoms with van der Waals surface area (Å²) in [4.78, 5) is 23.8. The van der Waals surface area contributed by atoms with Crippen LogP contribution < -0.4 is 11.1 Å². The second-order valence-electron chi connectivity index (χ2n) is 9.38. The van der Waals surface area contributed by atoms with Crippen LogP contribution in [0, 0.1) is 11.8 Å². The highest BCUT2D eigenvalue weighted by molar-refractivity contribution is 5.96. The molecule has 3 atom stereocenters. The number of carbonyl (C=O) groups is 2. The Morgan fingerprint density at radius 3 is 2.52 bits per heavy atom. The predicted octanol–water partition coefficient (Wildman–Crippen LogP) is 3.21. The van der Waals surface area contributed by atoms with Gasteiger partial charge in [-0.3, -0.25) is 9.59 Å². The van der Waals surface area contributed by atoms with E-state index in [1.807, 2.05) is 27.0 Å². The number of carbonyl (C=O) groups excluding carboxylic acids is 2. The first kappa shape index (κ1) is 23.7. The van der Waals surface area contributed by atoms with Crippen molar-refractivity contribution >= 4 is 11.7 Å². The third-order valence-corrected chi connectivity index (χ3v) is 7.61. The fourth-order valence-corrected chi connectivity index (χ4v) is 6.05. The van der Waals surface area contributed by atoms with Gasteiger partial charge in [-0.25, -0.2) is 0 Å². The number of primary amides is 1. The Morgan fingerprint density at radius 2 is 1.94 bits per heavy atom. The molecule has 6 nitrogen and oxygen atoms in total. The average Bonchev–Trinajstić information content (AvgIpc) is 3.54. The third kappa shape index (κ3) is 4.12. The van der Waals surface area contributed by atoms with Crippen LogP contribution in [0.4, 0.5) is 0 Å². The number of amides is 1. The summed E-state index contributed by atoms with van der Waals surface area (Å²) in [5.74, 6) is 0.437. The van der Waals surface area contributed by atoms with Crippen LogP contribution in [0.15, 0.2) is 12.1 Å². The number of aliphatic hydroxyl groups is 1. The Balaban J connectivity index is 0.000000291. The van der Waals surface area contributed by atoms with Gasteiger partial charge in [-0.1, -0.05) is 26.3 Å². The Hall–Kier alpha value is -1.92. The molecule has 0 aliphatic heterocycles. The lowest BCUT2D eigenvalue weighted by Crippen LogP contribution is -2.64. The minimum Gasteiger partial charge on any atom is -0.507 e. The molecule has 1 aromatic rings. The van der Waals surface area contributed by atoms with E-state index in [-0.39, 0.29) is 29.4 Å². The molecule has 0 unspecified atom stereocenters. The molecular formula is C25H38N2O4. The molecule has 0 heterocycles. The van der Waals surface area contributed by atoms with E-state index in [4.69, 9.17) is 5.73 Å². The van der Waals surface area contributed by atoms with Crippen LogP contribution in [0.3, 0.4) is 0 Å². The maximum atomic E-state index is 12.2. The van der Waals surface area contributed by atoms with E-state index in [0.29, 0.717) is 31.2 Å². The van der Waals surface area contributed by atoms with Gasteiger partial charge in [-0.15, -0.1) is 0 Å². The molecule has 172 valence electrons. The van der Waals surface area contributed by atoms with E-state index in [9.17, 15) is 19.8 Å². The Bertz CT molecular complexity index is 835. The zero-order chi connectivity index (χ0) is 22.8. The number of hydrogen-bond donors (Lipinski definition) is 4. The van der Waals surface area contributed by atoms with Gasteiger partial charge in [0.1, 0.15) is 11.5 Å². The van der Waals surface area contributed by atoms with E-state index in [1.54, 1.807) is 6.07 Å². The molecule has 2 bridgehead atoms. The molecule has 1 amide bonds. The zero-order valence-corrected chi connectivity index (χ0v) is 19.2. The van der Waals surface area contributed by atoms with Crippen molar-refractivity contribution in [3.05, 3.63) is 28.8 Å². The van der Waals surface area contributed by atoms with Crippen LogP contribution in [0.2, 0.25) is 0 Å². The first-order chi connectivity index (χ1) is 14.8. The van der Waals surface area contributed by atoms with Crippen molar-refractivity contribution in [2.75, 3.05) is 13.6 Å². The molecule has 6 heteroatoms. The number of phenols is 1. The van der Waals surface area contributed by atoms with Crippen molar-refractivity contribution in [1.82, 2.24) is 5.32 Å². The summed E-state index contributed by atoms with van der Waals surface area (Å²) in [5, 5.41) is 25.4. The molecule has 5 N–H and O–H groups in total. The summed E-state index contributed by atoms with van der Waals surface area (Å²) in [6.07, 6.45) is 7.17. The minimum absolute atomic E-state index is 0.0718. The fourth-order valence-electron chi connectivity index (χ4n) is 6.05. The van der Waals surface area contributed by atoms with Crippen molar-refractivity contribution in [2.45, 2.75) is 82.7 Å². The lowest BCUT2D eigenvalue weighted by Gasteiger charge is -2.60. The Labute approximate surface area is 185 Å². The zero-order valence-electron chi connectivity index (χ0n) is 19.2. The van der Waals surface area contributed by atoms with Crippen molar-refractivity contribution < 1.29 is 19.8 Å². The van der Waals surface area contributed by atoms with Gasteiger partial charge in [0.05, 0.1) is 11.2 Å². The van der Waals surface area contributed by atoms with Gasteiger partial charge in [0, 0.05) is 23.8 Å². The molecule has 0 saturated heterocycles. The van der Waals surface area contributed by atoms with Crippen LogP contribution in [-0.4, -0.2) is 41.1 Å². The molecule has 0 radical (unpaired) electrons. The number of hydrogen-bond acceptors (Lipinski definition) is 5. The van der Waals surface area contributed by atoms with E-state index in [0.717, 1.165) is 24.3 Å². The number of nitrogens with one attached hydrogen (secondary N) is 1. The summed E-state index contributed by atoms with van der Waals surface area (Å²) in [6.45, 7) is 5.24. The van der Waals surface area contributed by atoms with Crippen molar-refractivity contribution in [3.63, 3.8) is 0 Å². The summed E-state index contributed by atoms with van der Waals surface area (Å²) >= 11 is 0. The number of rotatable bonds is 3. The van der Waals surface area contributed by atoms with Crippen molar-refractivity contribution in [2.24, 2.45) is 17.6 Å². The molecule has 0 aromatic heterocycles. The number of aromatic hydroxyl groups is 1. The summed E-state index contributed by atoms with van der Waals surface area (Å²) in [6, 6.07) is 3.38. The maximum Gasteiger partial charge on any atom is 0.252 e. The fraction of sp³-hybridized carbons (Fsp3) is 0.680. The number of nitrogens with two attached hydrogens (primary N) is 1. The largest absolute Gasteiger partial charge is 0.507 e. The van der Waals surface area contributed by atoms with Gasteiger partial charge >= 0.3 is 0 Å². The summed E-state index contributed by atoms with van der Waals surface area (Å²) < 4.78 is 0. The smallest absolute Gasteiger partial charge is 0.252 e. The van der Waals surface area contributed by atoms with Gasteiger partial charge in [-0.2, -0.15) is 0 Å². The standard InChI is InChI=1S/C18H21NO4.C5H11N.C2H6/c19-16(22)13-4-3-10-8-11-2-1-6-17(14(10)15(13)21)9-12(20)5-7-18(11,17)23;1-6-4-5-2-3-5;1-2/h3-4,11,21,23H,1-2,5-9H2,(H2,19,22);5-6H,2-4H2,1H3;1-2H3/t11-,17-,18-;;/m1../s1. The lowest BCUT2D eigenvalue weighted by atomic mass is 9.46. The molecule has 31 heavy (non-hydrogen) atoms. The topological polar surface area (TPSA) is 113 Å². The Kier molecular flexibility index (Phi) is 7.11. The maximum absolute atomic E-state index is 12.2. The lowest BCUT2D eigenvalue weighted by molar-refractivity contribution is -0.160. The van der Waals surface area contributed by atoms with Crippen LogP contribution in [0.1, 0.15) is 86.7 Å². The van der Waals surface area contributed by atoms with E-state index >= 15 is 0 Å². The molecular weight excluding hydrogens is 392 g/mol. The second kappa shape index (κ2) is 9.29. The number of fused-ring (bicyclic) bond motifs is 1. The molecule has 4 aliphatic carbocycles. The van der Waals surface area contributed by atoms with E-state index in [2.05, 4.69) is 5.32 Å². The molecule has 3 fully saturated rings. The van der Waals surface area contributed by atoms with Crippen LogP contribution >= 0.6 is 0 Å².